The van der Waals surface area contributed by atoms with Crippen molar-refractivity contribution in [1.82, 2.24) is 14.7 Å². The molecule has 0 amide bonds. The topological polar surface area (TPSA) is 30.3 Å². The molecule has 4 rings (SSSR count). The second-order valence-electron chi connectivity index (χ2n) is 6.71. The monoisotopic (exact) mass is 343 g/mol. The first-order valence-corrected chi connectivity index (χ1v) is 9.83. The number of rotatable bonds is 3. The summed E-state index contributed by atoms with van der Waals surface area (Å²) >= 11 is 2.08. The first-order valence-electron chi connectivity index (χ1n) is 8.78. The molecule has 0 saturated carbocycles. The van der Waals surface area contributed by atoms with Gasteiger partial charge in [-0.2, -0.15) is 16.9 Å². The number of ether oxygens (including phenoxy) is 1. The maximum atomic E-state index is 5.68. The molecular weight excluding hydrogens is 318 g/mol. The van der Waals surface area contributed by atoms with E-state index in [0.717, 1.165) is 37.6 Å². The Labute approximate surface area is 148 Å². The largest absolute Gasteiger partial charge is 0.380 e. The van der Waals surface area contributed by atoms with E-state index in [1.807, 2.05) is 6.07 Å². The van der Waals surface area contributed by atoms with Gasteiger partial charge in [0.2, 0.25) is 0 Å². The second kappa shape index (κ2) is 6.90. The van der Waals surface area contributed by atoms with Crippen LogP contribution in [0.4, 0.5) is 0 Å². The Morgan fingerprint density at radius 2 is 2.08 bits per heavy atom. The van der Waals surface area contributed by atoms with Crippen LogP contribution in [0.5, 0.6) is 0 Å². The molecule has 5 heteroatoms. The fourth-order valence-electron chi connectivity index (χ4n) is 3.89. The van der Waals surface area contributed by atoms with Gasteiger partial charge in [0.15, 0.2) is 0 Å². The molecule has 1 aromatic carbocycles. The summed E-state index contributed by atoms with van der Waals surface area (Å²) in [5, 5.41) is 5.45. The van der Waals surface area contributed by atoms with Crippen LogP contribution >= 0.6 is 11.8 Å². The molecule has 2 aliphatic heterocycles. The molecule has 0 bridgehead atoms. The maximum Gasteiger partial charge on any atom is 0.0648 e. The van der Waals surface area contributed by atoms with E-state index in [-0.39, 0.29) is 0 Å². The zero-order valence-corrected chi connectivity index (χ0v) is 15.3. The van der Waals surface area contributed by atoms with Crippen LogP contribution < -0.4 is 0 Å². The van der Waals surface area contributed by atoms with E-state index in [1.165, 1.54) is 23.6 Å². The molecule has 2 unspecified atom stereocenters. The average molecular weight is 343 g/mol. The molecule has 1 aromatic heterocycles. The number of para-hydroxylation sites is 1. The predicted molar refractivity (Wildman–Crippen MR) is 98.9 cm³/mol. The van der Waals surface area contributed by atoms with Crippen LogP contribution in [-0.2, 0) is 11.3 Å². The number of nitrogens with zero attached hydrogens (tertiary/aromatic N) is 3. The second-order valence-corrected chi connectivity index (χ2v) is 8.05. The van der Waals surface area contributed by atoms with E-state index in [1.54, 1.807) is 0 Å². The zero-order chi connectivity index (χ0) is 16.5. The molecule has 0 radical (unpaired) electrons. The number of hydrogen-bond acceptors (Lipinski definition) is 4. The molecule has 0 spiro atoms. The van der Waals surface area contributed by atoms with Gasteiger partial charge < -0.3 is 4.74 Å². The summed E-state index contributed by atoms with van der Waals surface area (Å²) < 4.78 is 7.77. The standard InChI is InChI=1S/C19H25N3OS/c1-14-17(15(2)22(20-14)16-6-4-3-5-7-16)12-21-9-11-24-19-13-23-10-8-18(19)21/h3-7,18-19H,8-13H2,1-2H3. The fraction of sp³-hybridized carbons (Fsp3) is 0.526. The fourth-order valence-corrected chi connectivity index (χ4v) is 5.25. The number of fused-ring (bicyclic) bond motifs is 1. The lowest BCUT2D eigenvalue weighted by Gasteiger charge is -2.43. The molecule has 2 aliphatic rings. The van der Waals surface area contributed by atoms with Gasteiger partial charge in [-0.25, -0.2) is 4.68 Å². The smallest absolute Gasteiger partial charge is 0.0648 e. The summed E-state index contributed by atoms with van der Waals surface area (Å²) in [7, 11) is 0. The van der Waals surface area contributed by atoms with Gasteiger partial charge in [-0.15, -0.1) is 0 Å². The first-order chi connectivity index (χ1) is 11.7. The average Bonchev–Trinajstić information content (AvgIpc) is 2.91. The van der Waals surface area contributed by atoms with E-state index < -0.39 is 0 Å². The van der Waals surface area contributed by atoms with Crippen LogP contribution in [0.15, 0.2) is 30.3 Å². The van der Waals surface area contributed by atoms with Gasteiger partial charge in [0, 0.05) is 48.0 Å². The van der Waals surface area contributed by atoms with E-state index in [2.05, 4.69) is 59.5 Å². The predicted octanol–water partition coefficient (Wildman–Crippen LogP) is 3.20. The number of aromatic nitrogens is 2. The van der Waals surface area contributed by atoms with E-state index in [9.17, 15) is 0 Å². The number of aryl methyl sites for hydroxylation is 1. The third kappa shape index (κ3) is 3.01. The third-order valence-electron chi connectivity index (χ3n) is 5.25. The minimum atomic E-state index is 0.636. The quantitative estimate of drug-likeness (QED) is 0.856. The Morgan fingerprint density at radius 3 is 2.92 bits per heavy atom. The highest BCUT2D eigenvalue weighted by molar-refractivity contribution is 8.00. The Kier molecular flexibility index (Phi) is 4.66. The van der Waals surface area contributed by atoms with Gasteiger partial charge in [-0.1, -0.05) is 18.2 Å². The van der Waals surface area contributed by atoms with Crippen molar-refractivity contribution in [2.45, 2.75) is 38.1 Å². The molecule has 2 atom stereocenters. The van der Waals surface area contributed by atoms with Crippen molar-refractivity contribution in [3.63, 3.8) is 0 Å². The van der Waals surface area contributed by atoms with Crippen LogP contribution in [-0.4, -0.2) is 51.5 Å². The normalized spacial score (nSPS) is 24.8. The lowest BCUT2D eigenvalue weighted by atomic mass is 10.0. The minimum Gasteiger partial charge on any atom is -0.380 e. The molecule has 3 heterocycles. The summed E-state index contributed by atoms with van der Waals surface area (Å²) in [4.78, 5) is 2.66. The van der Waals surface area contributed by atoms with Crippen LogP contribution in [0, 0.1) is 13.8 Å². The van der Waals surface area contributed by atoms with Gasteiger partial charge in [-0.3, -0.25) is 4.90 Å². The van der Waals surface area contributed by atoms with E-state index >= 15 is 0 Å². The number of hydrogen-bond donors (Lipinski definition) is 0. The summed E-state index contributed by atoms with van der Waals surface area (Å²) in [5.41, 5.74) is 4.94. The first kappa shape index (κ1) is 16.2. The highest BCUT2D eigenvalue weighted by Gasteiger charge is 2.35. The molecule has 128 valence electrons. The highest BCUT2D eigenvalue weighted by Crippen LogP contribution is 2.32. The van der Waals surface area contributed by atoms with Crippen molar-refractivity contribution in [2.24, 2.45) is 0 Å². The Morgan fingerprint density at radius 1 is 1.25 bits per heavy atom. The third-order valence-corrected chi connectivity index (χ3v) is 6.55. The van der Waals surface area contributed by atoms with Crippen LogP contribution in [0.2, 0.25) is 0 Å². The Hall–Kier alpha value is -1.30. The van der Waals surface area contributed by atoms with Crippen molar-refractivity contribution < 1.29 is 4.74 Å². The van der Waals surface area contributed by atoms with Crippen LogP contribution in [0.25, 0.3) is 5.69 Å². The molecule has 2 aromatic rings. The Bertz CT molecular complexity index is 698. The zero-order valence-electron chi connectivity index (χ0n) is 14.4. The van der Waals surface area contributed by atoms with Crippen molar-refractivity contribution in [3.8, 4) is 5.69 Å². The van der Waals surface area contributed by atoms with Gasteiger partial charge in [0.1, 0.15) is 0 Å². The van der Waals surface area contributed by atoms with Crippen LogP contribution in [0.3, 0.4) is 0 Å². The van der Waals surface area contributed by atoms with Crippen molar-refractivity contribution in [1.29, 1.82) is 0 Å². The molecule has 2 fully saturated rings. The van der Waals surface area contributed by atoms with E-state index in [0.29, 0.717) is 11.3 Å². The molecule has 4 nitrogen and oxygen atoms in total. The number of thioether (sulfide) groups is 1. The highest BCUT2D eigenvalue weighted by atomic mass is 32.2. The molecular formula is C19H25N3OS. The molecule has 24 heavy (non-hydrogen) atoms. The lowest BCUT2D eigenvalue weighted by Crippen LogP contribution is -2.51. The summed E-state index contributed by atoms with van der Waals surface area (Å²) in [6, 6.07) is 11.1. The van der Waals surface area contributed by atoms with Gasteiger partial charge in [0.05, 0.1) is 18.0 Å². The summed E-state index contributed by atoms with van der Waals surface area (Å²) in [6.07, 6.45) is 1.16. The van der Waals surface area contributed by atoms with Gasteiger partial charge in [0.25, 0.3) is 0 Å². The summed E-state index contributed by atoms with van der Waals surface area (Å²) in [6.45, 7) is 8.32. The molecule has 2 saturated heterocycles. The van der Waals surface area contributed by atoms with E-state index in [4.69, 9.17) is 9.84 Å². The van der Waals surface area contributed by atoms with Gasteiger partial charge in [-0.05, 0) is 32.4 Å². The number of benzene rings is 1. The van der Waals surface area contributed by atoms with Crippen molar-refractivity contribution in [2.75, 3.05) is 25.5 Å². The minimum absolute atomic E-state index is 0.636. The molecule has 0 aliphatic carbocycles. The summed E-state index contributed by atoms with van der Waals surface area (Å²) in [5.74, 6) is 1.20. The van der Waals surface area contributed by atoms with Gasteiger partial charge >= 0.3 is 0 Å². The Balaban J connectivity index is 1.59. The molecule has 0 N–H and O–H groups in total. The maximum absolute atomic E-state index is 5.68. The van der Waals surface area contributed by atoms with Crippen LogP contribution in [0.1, 0.15) is 23.4 Å². The lowest BCUT2D eigenvalue weighted by molar-refractivity contribution is 0.0350. The van der Waals surface area contributed by atoms with Crippen molar-refractivity contribution >= 4 is 11.8 Å². The van der Waals surface area contributed by atoms with Crippen molar-refractivity contribution in [3.05, 3.63) is 47.3 Å². The SMILES string of the molecule is Cc1nn(-c2ccccc2)c(C)c1CN1CCSC2COCCC21.